The highest BCUT2D eigenvalue weighted by Gasteiger charge is 2.23. The molecule has 1 aromatic carbocycles. The molecule has 2 rings (SSSR count). The molecule has 6 heteroatoms. The number of hydrogen-bond donors (Lipinski definition) is 2. The van der Waals surface area contributed by atoms with E-state index in [0.29, 0.717) is 21.0 Å². The van der Waals surface area contributed by atoms with Gasteiger partial charge in [0.15, 0.2) is 0 Å². The largest absolute Gasteiger partial charge is 0.347 e. The van der Waals surface area contributed by atoms with Gasteiger partial charge in [-0.05, 0) is 42.7 Å². The topological polar surface area (TPSA) is 58.2 Å². The smallest absolute Gasteiger partial charge is 0.261 e. The van der Waals surface area contributed by atoms with Crippen LogP contribution in [0.1, 0.15) is 47.1 Å². The van der Waals surface area contributed by atoms with E-state index in [4.69, 9.17) is 0 Å². The summed E-state index contributed by atoms with van der Waals surface area (Å²) in [4.78, 5) is 25.0. The molecule has 0 bridgehead atoms. The van der Waals surface area contributed by atoms with Gasteiger partial charge in [-0.3, -0.25) is 9.59 Å². The van der Waals surface area contributed by atoms with Crippen molar-refractivity contribution in [3.63, 3.8) is 0 Å². The summed E-state index contributed by atoms with van der Waals surface area (Å²) in [7, 11) is 0. The van der Waals surface area contributed by atoms with Crippen molar-refractivity contribution in [3.8, 4) is 0 Å². The molecule has 25 heavy (non-hydrogen) atoms. The Bertz CT molecular complexity index is 806. The van der Waals surface area contributed by atoms with Crippen molar-refractivity contribution in [2.45, 2.75) is 41.2 Å². The third-order valence-electron chi connectivity index (χ3n) is 3.73. The average molecular weight is 362 g/mol. The summed E-state index contributed by atoms with van der Waals surface area (Å²) in [6.45, 7) is 9.26. The first kappa shape index (κ1) is 19.1. The van der Waals surface area contributed by atoms with Gasteiger partial charge in [0, 0.05) is 12.0 Å². The zero-order valence-electron chi connectivity index (χ0n) is 15.1. The minimum absolute atomic E-state index is 0.101. The van der Waals surface area contributed by atoms with Gasteiger partial charge in [-0.25, -0.2) is 4.39 Å². The summed E-state index contributed by atoms with van der Waals surface area (Å²) in [6.07, 6.45) is 0. The zero-order valence-corrected chi connectivity index (χ0v) is 15.9. The number of rotatable bonds is 4. The summed E-state index contributed by atoms with van der Waals surface area (Å²) in [5.41, 5.74) is 1.56. The van der Waals surface area contributed by atoms with Gasteiger partial charge in [0.25, 0.3) is 5.91 Å². The quantitative estimate of drug-likeness (QED) is 0.846. The molecule has 0 saturated carbocycles. The Labute approximate surface area is 151 Å². The third kappa shape index (κ3) is 4.89. The van der Waals surface area contributed by atoms with Crippen molar-refractivity contribution in [2.24, 2.45) is 5.41 Å². The van der Waals surface area contributed by atoms with Gasteiger partial charge in [-0.1, -0.05) is 32.9 Å². The number of anilines is 1. The van der Waals surface area contributed by atoms with E-state index in [2.05, 4.69) is 10.6 Å². The van der Waals surface area contributed by atoms with Crippen LogP contribution in [-0.4, -0.2) is 11.8 Å². The Kier molecular flexibility index (Phi) is 5.62. The number of hydrogen-bond acceptors (Lipinski definition) is 3. The van der Waals surface area contributed by atoms with Crippen molar-refractivity contribution in [3.05, 3.63) is 51.7 Å². The molecule has 2 aromatic rings. The highest BCUT2D eigenvalue weighted by atomic mass is 32.1. The van der Waals surface area contributed by atoms with Crippen LogP contribution in [0.15, 0.2) is 24.3 Å². The van der Waals surface area contributed by atoms with Crippen LogP contribution >= 0.6 is 11.3 Å². The molecule has 0 radical (unpaired) electrons. The van der Waals surface area contributed by atoms with Gasteiger partial charge in [0.05, 0.1) is 9.88 Å². The fraction of sp³-hybridized carbons (Fsp3) is 0.368. The Morgan fingerprint density at radius 3 is 2.40 bits per heavy atom. The predicted molar refractivity (Wildman–Crippen MR) is 99.4 cm³/mol. The maximum atomic E-state index is 13.6. The van der Waals surface area contributed by atoms with Gasteiger partial charge in [-0.2, -0.15) is 0 Å². The summed E-state index contributed by atoms with van der Waals surface area (Å²) in [6, 6.07) is 6.68. The second-order valence-electron chi connectivity index (χ2n) is 7.09. The molecular formula is C19H23FN2O2S. The molecule has 2 amide bonds. The van der Waals surface area contributed by atoms with E-state index < -0.39 is 5.41 Å². The molecule has 134 valence electrons. The third-order valence-corrected chi connectivity index (χ3v) is 4.88. The zero-order chi connectivity index (χ0) is 18.8. The molecule has 4 nitrogen and oxygen atoms in total. The van der Waals surface area contributed by atoms with Gasteiger partial charge >= 0.3 is 0 Å². The number of halogens is 1. The maximum absolute atomic E-state index is 13.6. The van der Waals surface area contributed by atoms with Crippen molar-refractivity contribution >= 4 is 28.2 Å². The van der Waals surface area contributed by atoms with Crippen LogP contribution in [0.4, 0.5) is 9.39 Å². The molecule has 0 aliphatic heterocycles. The SMILES string of the molecule is Cc1ccc(CNC(=O)c2sc(NC(=O)C(C)(C)C)cc2C)cc1F. The maximum Gasteiger partial charge on any atom is 0.261 e. The van der Waals surface area contributed by atoms with Gasteiger partial charge in [0.1, 0.15) is 5.82 Å². The number of benzene rings is 1. The van der Waals surface area contributed by atoms with Gasteiger partial charge in [-0.15, -0.1) is 11.3 Å². The summed E-state index contributed by atoms with van der Waals surface area (Å²) in [5, 5.41) is 6.27. The fourth-order valence-corrected chi connectivity index (χ4v) is 3.06. The molecule has 0 atom stereocenters. The lowest BCUT2D eigenvalue weighted by Crippen LogP contribution is -2.27. The van der Waals surface area contributed by atoms with Gasteiger partial charge < -0.3 is 10.6 Å². The first-order chi connectivity index (χ1) is 11.6. The van der Waals surface area contributed by atoms with E-state index in [1.54, 1.807) is 25.1 Å². The molecule has 0 aliphatic rings. The van der Waals surface area contributed by atoms with Crippen molar-refractivity contribution < 1.29 is 14.0 Å². The first-order valence-corrected chi connectivity index (χ1v) is 8.84. The predicted octanol–water partition coefficient (Wildman–Crippen LogP) is 4.42. The van der Waals surface area contributed by atoms with Crippen LogP contribution in [0.2, 0.25) is 0 Å². The standard InChI is InChI=1S/C19H23FN2O2S/c1-11-6-7-13(9-14(11)20)10-21-17(23)16-12(2)8-15(25-16)22-18(24)19(3,4)5/h6-9H,10H2,1-5H3,(H,21,23)(H,22,24). The van der Waals surface area contributed by atoms with Crippen LogP contribution in [0, 0.1) is 25.1 Å². The molecule has 1 aromatic heterocycles. The van der Waals surface area contributed by atoms with E-state index in [-0.39, 0.29) is 24.2 Å². The fourth-order valence-electron chi connectivity index (χ4n) is 2.08. The van der Waals surface area contributed by atoms with Crippen molar-refractivity contribution in [1.29, 1.82) is 0 Å². The summed E-state index contributed by atoms with van der Waals surface area (Å²) in [5.74, 6) is -0.623. The van der Waals surface area contributed by atoms with E-state index in [9.17, 15) is 14.0 Å². The number of thiophene rings is 1. The molecule has 0 unspecified atom stereocenters. The van der Waals surface area contributed by atoms with Gasteiger partial charge in [0.2, 0.25) is 5.91 Å². The Morgan fingerprint density at radius 2 is 1.80 bits per heavy atom. The second-order valence-corrected chi connectivity index (χ2v) is 8.15. The molecule has 2 N–H and O–H groups in total. The van der Waals surface area contributed by atoms with E-state index in [1.165, 1.54) is 17.4 Å². The van der Waals surface area contributed by atoms with Crippen molar-refractivity contribution in [1.82, 2.24) is 5.32 Å². The molecule has 0 saturated heterocycles. The van der Waals surface area contributed by atoms with Crippen LogP contribution < -0.4 is 10.6 Å². The normalized spacial score (nSPS) is 11.3. The number of carbonyl (C=O) groups is 2. The number of aryl methyl sites for hydroxylation is 2. The molecule has 0 aliphatic carbocycles. The molecule has 0 spiro atoms. The Hall–Kier alpha value is -2.21. The van der Waals surface area contributed by atoms with E-state index in [0.717, 1.165) is 5.56 Å². The van der Waals surface area contributed by atoms with Crippen LogP contribution in [0.25, 0.3) is 0 Å². The second kappa shape index (κ2) is 7.35. The lowest BCUT2D eigenvalue weighted by molar-refractivity contribution is -0.123. The lowest BCUT2D eigenvalue weighted by Gasteiger charge is -2.16. The monoisotopic (exact) mass is 362 g/mol. The number of carbonyl (C=O) groups excluding carboxylic acids is 2. The molecule has 1 heterocycles. The van der Waals surface area contributed by atoms with E-state index >= 15 is 0 Å². The molecular weight excluding hydrogens is 339 g/mol. The summed E-state index contributed by atoms with van der Waals surface area (Å²) < 4.78 is 13.6. The lowest BCUT2D eigenvalue weighted by atomic mass is 9.96. The highest BCUT2D eigenvalue weighted by molar-refractivity contribution is 7.18. The Balaban J connectivity index is 2.04. The van der Waals surface area contributed by atoms with Crippen LogP contribution in [-0.2, 0) is 11.3 Å². The average Bonchev–Trinajstić information content (AvgIpc) is 2.88. The van der Waals surface area contributed by atoms with E-state index in [1.807, 2.05) is 27.7 Å². The first-order valence-electron chi connectivity index (χ1n) is 8.03. The highest BCUT2D eigenvalue weighted by Crippen LogP contribution is 2.28. The van der Waals surface area contributed by atoms with Crippen LogP contribution in [0.5, 0.6) is 0 Å². The number of amides is 2. The summed E-state index contributed by atoms with van der Waals surface area (Å²) >= 11 is 1.23. The van der Waals surface area contributed by atoms with Crippen LogP contribution in [0.3, 0.4) is 0 Å². The minimum atomic E-state index is -0.504. The molecule has 0 fully saturated rings. The minimum Gasteiger partial charge on any atom is -0.347 e. The van der Waals surface area contributed by atoms with Crippen molar-refractivity contribution in [2.75, 3.05) is 5.32 Å². The number of nitrogens with one attached hydrogen (secondary N) is 2. The Morgan fingerprint density at radius 1 is 1.12 bits per heavy atom.